The molecule has 20 heavy (non-hydrogen) atoms. The van der Waals surface area contributed by atoms with E-state index in [-0.39, 0.29) is 23.8 Å². The summed E-state index contributed by atoms with van der Waals surface area (Å²) in [6, 6.07) is 12.0. The van der Waals surface area contributed by atoms with Crippen molar-refractivity contribution < 1.29 is 4.79 Å². The van der Waals surface area contributed by atoms with Gasteiger partial charge in [0.1, 0.15) is 0 Å². The van der Waals surface area contributed by atoms with Gasteiger partial charge in [-0.2, -0.15) is 5.26 Å². The summed E-state index contributed by atoms with van der Waals surface area (Å²) in [4.78, 5) is 14.5. The number of rotatable bonds is 6. The van der Waals surface area contributed by atoms with Crippen LogP contribution in [0.25, 0.3) is 0 Å². The molecule has 0 aliphatic heterocycles. The highest BCUT2D eigenvalue weighted by Gasteiger charge is 2.30. The summed E-state index contributed by atoms with van der Waals surface area (Å²) in [6.45, 7) is 6.13. The predicted octanol–water partition coefficient (Wildman–Crippen LogP) is 3.58. The molecule has 0 radical (unpaired) electrons. The summed E-state index contributed by atoms with van der Waals surface area (Å²) in [5.41, 5.74) is 1.06. The first-order valence-corrected chi connectivity index (χ1v) is 7.21. The zero-order valence-corrected chi connectivity index (χ0v) is 12.8. The van der Waals surface area contributed by atoms with Crippen molar-refractivity contribution in [2.75, 3.05) is 7.05 Å². The molecule has 0 aliphatic rings. The van der Waals surface area contributed by atoms with Crippen molar-refractivity contribution in [2.24, 2.45) is 5.92 Å². The largest absolute Gasteiger partial charge is 0.341 e. The fraction of sp³-hybridized carbons (Fsp3) is 0.529. The van der Waals surface area contributed by atoms with E-state index in [4.69, 9.17) is 5.26 Å². The van der Waals surface area contributed by atoms with Crippen molar-refractivity contribution in [1.82, 2.24) is 4.90 Å². The molecule has 0 saturated heterocycles. The fourth-order valence-electron chi connectivity index (χ4n) is 2.32. The Hall–Kier alpha value is -1.82. The lowest BCUT2D eigenvalue weighted by atomic mass is 9.84. The van der Waals surface area contributed by atoms with Gasteiger partial charge in [0.25, 0.3) is 0 Å². The van der Waals surface area contributed by atoms with Crippen LogP contribution in [0.2, 0.25) is 0 Å². The second-order valence-corrected chi connectivity index (χ2v) is 5.43. The van der Waals surface area contributed by atoms with E-state index in [2.05, 4.69) is 19.9 Å². The highest BCUT2D eigenvalue weighted by atomic mass is 16.2. The van der Waals surface area contributed by atoms with E-state index >= 15 is 0 Å². The van der Waals surface area contributed by atoms with Gasteiger partial charge in [0.2, 0.25) is 5.91 Å². The van der Waals surface area contributed by atoms with E-state index in [0.717, 1.165) is 12.0 Å². The molecule has 0 heterocycles. The Morgan fingerprint density at radius 3 is 2.40 bits per heavy atom. The third-order valence-corrected chi connectivity index (χ3v) is 4.03. The van der Waals surface area contributed by atoms with Crippen LogP contribution in [-0.2, 0) is 4.79 Å². The standard InChI is InChI=1S/C17H24N2O/c1-5-13(2)16(15-9-7-6-8-10-15)17(20)19(4)14(3)11-12-18/h6-10,13-14,16H,5,11H2,1-4H3. The molecule has 1 aromatic rings. The van der Waals surface area contributed by atoms with Crippen molar-refractivity contribution in [3.63, 3.8) is 0 Å². The minimum Gasteiger partial charge on any atom is -0.341 e. The molecular weight excluding hydrogens is 248 g/mol. The molecule has 3 nitrogen and oxygen atoms in total. The Bertz CT molecular complexity index is 464. The van der Waals surface area contributed by atoms with Gasteiger partial charge in [0.15, 0.2) is 0 Å². The van der Waals surface area contributed by atoms with Crippen LogP contribution in [0.3, 0.4) is 0 Å². The molecule has 0 N–H and O–H groups in total. The average molecular weight is 272 g/mol. The number of amides is 1. The summed E-state index contributed by atoms with van der Waals surface area (Å²) in [5, 5.41) is 8.79. The van der Waals surface area contributed by atoms with Gasteiger partial charge in [-0.25, -0.2) is 0 Å². The maximum absolute atomic E-state index is 12.8. The van der Waals surface area contributed by atoms with Crippen LogP contribution in [0.4, 0.5) is 0 Å². The van der Waals surface area contributed by atoms with Gasteiger partial charge in [-0.1, -0.05) is 50.6 Å². The lowest BCUT2D eigenvalue weighted by Crippen LogP contribution is -2.40. The maximum Gasteiger partial charge on any atom is 0.230 e. The Kier molecular flexibility index (Phi) is 6.24. The Morgan fingerprint density at radius 2 is 1.90 bits per heavy atom. The summed E-state index contributed by atoms with van der Waals surface area (Å²) >= 11 is 0. The fourth-order valence-corrected chi connectivity index (χ4v) is 2.32. The minimum absolute atomic E-state index is 0.0530. The van der Waals surface area contributed by atoms with Crippen LogP contribution < -0.4 is 0 Å². The molecule has 1 amide bonds. The highest BCUT2D eigenvalue weighted by Crippen LogP contribution is 2.29. The van der Waals surface area contributed by atoms with Gasteiger partial charge in [-0.05, 0) is 18.4 Å². The lowest BCUT2D eigenvalue weighted by molar-refractivity contribution is -0.134. The smallest absolute Gasteiger partial charge is 0.230 e. The van der Waals surface area contributed by atoms with Crippen LogP contribution in [0, 0.1) is 17.2 Å². The summed E-state index contributed by atoms with van der Waals surface area (Å²) in [6.07, 6.45) is 1.32. The van der Waals surface area contributed by atoms with Gasteiger partial charge >= 0.3 is 0 Å². The van der Waals surface area contributed by atoms with E-state index in [9.17, 15) is 4.79 Å². The second kappa shape index (κ2) is 7.69. The average Bonchev–Trinajstić information content (AvgIpc) is 2.47. The van der Waals surface area contributed by atoms with Crippen molar-refractivity contribution in [1.29, 1.82) is 5.26 Å². The molecule has 108 valence electrons. The lowest BCUT2D eigenvalue weighted by Gasteiger charge is -2.31. The molecule has 0 aromatic heterocycles. The zero-order valence-electron chi connectivity index (χ0n) is 12.8. The summed E-state index contributed by atoms with van der Waals surface area (Å²) in [5.74, 6) is 0.252. The Morgan fingerprint density at radius 1 is 1.30 bits per heavy atom. The van der Waals surface area contributed by atoms with Gasteiger partial charge in [-0.15, -0.1) is 0 Å². The number of hydrogen-bond acceptors (Lipinski definition) is 2. The number of nitriles is 1. The molecule has 3 atom stereocenters. The van der Waals surface area contributed by atoms with E-state index in [0.29, 0.717) is 6.42 Å². The van der Waals surface area contributed by atoms with Crippen LogP contribution >= 0.6 is 0 Å². The molecule has 0 saturated carbocycles. The SMILES string of the molecule is CCC(C)C(C(=O)N(C)C(C)CC#N)c1ccccc1. The molecular formula is C17H24N2O. The molecule has 0 bridgehead atoms. The van der Waals surface area contributed by atoms with Crippen molar-refractivity contribution in [3.8, 4) is 6.07 Å². The normalized spacial score (nSPS) is 14.9. The number of benzene rings is 1. The highest BCUT2D eigenvalue weighted by molar-refractivity contribution is 5.84. The molecule has 0 aliphatic carbocycles. The van der Waals surface area contributed by atoms with Crippen molar-refractivity contribution in [2.45, 2.75) is 45.6 Å². The quantitative estimate of drug-likeness (QED) is 0.794. The Balaban J connectivity index is 3.01. The zero-order chi connectivity index (χ0) is 15.1. The Labute approximate surface area is 122 Å². The number of carbonyl (C=O) groups excluding carboxylic acids is 1. The van der Waals surface area contributed by atoms with Gasteiger partial charge < -0.3 is 4.90 Å². The van der Waals surface area contributed by atoms with Crippen molar-refractivity contribution in [3.05, 3.63) is 35.9 Å². The van der Waals surface area contributed by atoms with E-state index in [1.54, 1.807) is 11.9 Å². The summed E-state index contributed by atoms with van der Waals surface area (Å²) in [7, 11) is 1.79. The third-order valence-electron chi connectivity index (χ3n) is 4.03. The van der Waals surface area contributed by atoms with Crippen LogP contribution in [0.5, 0.6) is 0 Å². The summed E-state index contributed by atoms with van der Waals surface area (Å²) < 4.78 is 0. The second-order valence-electron chi connectivity index (χ2n) is 5.43. The predicted molar refractivity (Wildman–Crippen MR) is 81.1 cm³/mol. The first-order chi connectivity index (χ1) is 9.52. The van der Waals surface area contributed by atoms with Crippen LogP contribution in [-0.4, -0.2) is 23.9 Å². The molecule has 3 unspecified atom stereocenters. The monoisotopic (exact) mass is 272 g/mol. The molecule has 3 heteroatoms. The third kappa shape index (κ3) is 3.84. The van der Waals surface area contributed by atoms with Crippen LogP contribution in [0.1, 0.15) is 45.1 Å². The van der Waals surface area contributed by atoms with Crippen LogP contribution in [0.15, 0.2) is 30.3 Å². The van der Waals surface area contributed by atoms with E-state index in [1.165, 1.54) is 0 Å². The molecule has 1 rings (SSSR count). The number of nitrogens with zero attached hydrogens (tertiary/aromatic N) is 2. The van der Waals surface area contributed by atoms with Gasteiger partial charge in [0.05, 0.1) is 18.4 Å². The van der Waals surface area contributed by atoms with E-state index in [1.807, 2.05) is 37.3 Å². The van der Waals surface area contributed by atoms with Crippen molar-refractivity contribution >= 4 is 5.91 Å². The number of hydrogen-bond donors (Lipinski definition) is 0. The molecule has 0 spiro atoms. The number of carbonyl (C=O) groups is 1. The minimum atomic E-state index is -0.132. The first-order valence-electron chi connectivity index (χ1n) is 7.21. The first kappa shape index (κ1) is 16.2. The van der Waals surface area contributed by atoms with Gasteiger partial charge in [0, 0.05) is 13.1 Å². The molecule has 0 fully saturated rings. The maximum atomic E-state index is 12.8. The number of likely N-dealkylation sites (N-methyl/N-ethyl adjacent to an activating group) is 1. The topological polar surface area (TPSA) is 44.1 Å². The van der Waals surface area contributed by atoms with Gasteiger partial charge in [-0.3, -0.25) is 4.79 Å². The van der Waals surface area contributed by atoms with E-state index < -0.39 is 0 Å². The molecule has 1 aromatic carbocycles.